The van der Waals surface area contributed by atoms with Crippen LogP contribution in [0.1, 0.15) is 46.0 Å². The molecule has 168 valence electrons. The fraction of sp³-hybridized carbons (Fsp3) is 0.545. The van der Waals surface area contributed by atoms with Gasteiger partial charge in [-0.3, -0.25) is 9.69 Å². The molecule has 1 aliphatic rings. The van der Waals surface area contributed by atoms with Crippen molar-refractivity contribution < 1.29 is 19.5 Å². The van der Waals surface area contributed by atoms with Crippen LogP contribution in [-0.2, 0) is 16.1 Å². The summed E-state index contributed by atoms with van der Waals surface area (Å²) in [4.78, 5) is 42.0. The second-order valence-electron chi connectivity index (χ2n) is 8.33. The van der Waals surface area contributed by atoms with Gasteiger partial charge in [-0.2, -0.15) is 0 Å². The zero-order valence-corrected chi connectivity index (χ0v) is 18.1. The average Bonchev–Trinajstić information content (AvgIpc) is 3.28. The van der Waals surface area contributed by atoms with Crippen LogP contribution in [0.4, 0.5) is 10.7 Å². The lowest BCUT2D eigenvalue weighted by Crippen LogP contribution is -2.41. The number of fused-ring (bicyclic) bond motifs is 3. The van der Waals surface area contributed by atoms with Gasteiger partial charge in [0, 0.05) is 26.1 Å². The molecule has 0 bridgehead atoms. The standard InChI is InChI=1S/C22H31N5O4/c1-15(2)14-17(20(29)30)24-19(28)10-4-3-7-11-23-22(31)27-13-12-26-18-9-6-5-8-16(18)25-21(26)27/h5-6,8-9,15,17H,3-4,7,10-14H2,1-2H3,(H,23,31)(H,24,28)(H,29,30)/t17-/m0/s1. The molecule has 2 heterocycles. The Bertz CT molecular complexity index is 939. The summed E-state index contributed by atoms with van der Waals surface area (Å²) in [5, 5.41) is 14.7. The van der Waals surface area contributed by atoms with Gasteiger partial charge < -0.3 is 20.3 Å². The van der Waals surface area contributed by atoms with Crippen molar-refractivity contribution >= 4 is 34.9 Å². The number of unbranched alkanes of at least 4 members (excludes halogenated alkanes) is 2. The summed E-state index contributed by atoms with van der Waals surface area (Å²) < 4.78 is 2.05. The first kappa shape index (κ1) is 22.6. The average molecular weight is 430 g/mol. The molecule has 0 radical (unpaired) electrons. The fourth-order valence-electron chi connectivity index (χ4n) is 3.82. The molecule has 0 aliphatic carbocycles. The Hall–Kier alpha value is -3.10. The summed E-state index contributed by atoms with van der Waals surface area (Å²) in [6.07, 6.45) is 2.87. The van der Waals surface area contributed by atoms with Crippen LogP contribution in [0.5, 0.6) is 0 Å². The van der Waals surface area contributed by atoms with Crippen molar-refractivity contribution in [1.29, 1.82) is 0 Å². The normalized spacial score (nSPS) is 14.0. The van der Waals surface area contributed by atoms with E-state index < -0.39 is 12.0 Å². The number of amides is 3. The Morgan fingerprint density at radius 1 is 1.13 bits per heavy atom. The number of hydrogen-bond donors (Lipinski definition) is 3. The van der Waals surface area contributed by atoms with Gasteiger partial charge in [-0.15, -0.1) is 0 Å². The number of rotatable bonds is 10. The lowest BCUT2D eigenvalue weighted by molar-refractivity contribution is -0.142. The molecule has 0 saturated carbocycles. The molecule has 1 aromatic heterocycles. The highest BCUT2D eigenvalue weighted by atomic mass is 16.4. The Balaban J connectivity index is 1.35. The van der Waals surface area contributed by atoms with Gasteiger partial charge >= 0.3 is 12.0 Å². The van der Waals surface area contributed by atoms with E-state index in [9.17, 15) is 19.5 Å². The van der Waals surface area contributed by atoms with Crippen LogP contribution >= 0.6 is 0 Å². The van der Waals surface area contributed by atoms with Crippen LogP contribution < -0.4 is 15.5 Å². The van der Waals surface area contributed by atoms with Gasteiger partial charge in [0.15, 0.2) is 0 Å². The number of carbonyl (C=O) groups is 3. The molecule has 3 rings (SSSR count). The van der Waals surface area contributed by atoms with E-state index in [4.69, 9.17) is 0 Å². The van der Waals surface area contributed by atoms with Gasteiger partial charge in [0.1, 0.15) is 6.04 Å². The minimum Gasteiger partial charge on any atom is -0.480 e. The third-order valence-electron chi connectivity index (χ3n) is 5.37. The van der Waals surface area contributed by atoms with Crippen molar-refractivity contribution in [3.63, 3.8) is 0 Å². The van der Waals surface area contributed by atoms with Crippen LogP contribution in [0.25, 0.3) is 11.0 Å². The second-order valence-corrected chi connectivity index (χ2v) is 8.33. The Kier molecular flexibility index (Phi) is 7.49. The van der Waals surface area contributed by atoms with E-state index in [0.29, 0.717) is 31.9 Å². The molecule has 9 heteroatoms. The number of imidazole rings is 1. The first-order valence-electron chi connectivity index (χ1n) is 10.9. The van der Waals surface area contributed by atoms with Crippen molar-refractivity contribution in [2.24, 2.45) is 5.92 Å². The number of carbonyl (C=O) groups excluding carboxylic acids is 2. The molecule has 1 aromatic carbocycles. The van der Waals surface area contributed by atoms with Crippen LogP contribution in [0.3, 0.4) is 0 Å². The summed E-state index contributed by atoms with van der Waals surface area (Å²) in [7, 11) is 0. The highest BCUT2D eigenvalue weighted by Gasteiger charge is 2.28. The van der Waals surface area contributed by atoms with Crippen molar-refractivity contribution in [3.05, 3.63) is 24.3 Å². The Morgan fingerprint density at radius 3 is 2.65 bits per heavy atom. The van der Waals surface area contributed by atoms with Crippen LogP contribution in [-0.4, -0.2) is 51.7 Å². The highest BCUT2D eigenvalue weighted by Crippen LogP contribution is 2.26. The molecule has 0 unspecified atom stereocenters. The zero-order chi connectivity index (χ0) is 22.4. The topological polar surface area (TPSA) is 117 Å². The number of anilines is 1. The Labute approximate surface area is 181 Å². The molecule has 3 N–H and O–H groups in total. The molecule has 0 fully saturated rings. The second kappa shape index (κ2) is 10.3. The smallest absolute Gasteiger partial charge is 0.326 e. The number of urea groups is 1. The van der Waals surface area contributed by atoms with Gasteiger partial charge in [0.05, 0.1) is 11.0 Å². The van der Waals surface area contributed by atoms with E-state index in [2.05, 4.69) is 20.2 Å². The van der Waals surface area contributed by atoms with Crippen LogP contribution in [0.15, 0.2) is 24.3 Å². The van der Waals surface area contributed by atoms with Gasteiger partial charge in [-0.1, -0.05) is 32.4 Å². The number of hydrogen-bond acceptors (Lipinski definition) is 4. The molecule has 1 atom stereocenters. The van der Waals surface area contributed by atoms with Crippen molar-refractivity contribution in [2.75, 3.05) is 18.0 Å². The van der Waals surface area contributed by atoms with E-state index in [1.54, 1.807) is 4.90 Å². The maximum Gasteiger partial charge on any atom is 0.326 e. The van der Waals surface area contributed by atoms with Gasteiger partial charge in [0.2, 0.25) is 11.9 Å². The largest absolute Gasteiger partial charge is 0.480 e. The summed E-state index contributed by atoms with van der Waals surface area (Å²) in [6.45, 7) is 5.69. The quantitative estimate of drug-likeness (QED) is 0.502. The third-order valence-corrected chi connectivity index (χ3v) is 5.37. The lowest BCUT2D eigenvalue weighted by Gasteiger charge is -2.16. The predicted octanol–water partition coefficient (Wildman–Crippen LogP) is 2.74. The number of para-hydroxylation sites is 2. The SMILES string of the molecule is CC(C)C[C@H](NC(=O)CCCCCNC(=O)N1CCn2c1nc1ccccc12)C(=O)O. The summed E-state index contributed by atoms with van der Waals surface area (Å²) in [5.74, 6) is -0.380. The molecule has 31 heavy (non-hydrogen) atoms. The number of nitrogens with zero attached hydrogens (tertiary/aromatic N) is 3. The molecule has 3 amide bonds. The zero-order valence-electron chi connectivity index (χ0n) is 18.1. The number of benzene rings is 1. The Morgan fingerprint density at radius 2 is 1.90 bits per heavy atom. The number of carboxylic acid groups (broad SMARTS) is 1. The monoisotopic (exact) mass is 429 g/mol. The molecule has 1 aliphatic heterocycles. The number of aliphatic carboxylic acids is 1. The molecule has 0 saturated heterocycles. The van der Waals surface area contributed by atoms with E-state index in [0.717, 1.165) is 30.4 Å². The van der Waals surface area contributed by atoms with Gasteiger partial charge in [-0.05, 0) is 37.3 Å². The van der Waals surface area contributed by atoms with Crippen LogP contribution in [0, 0.1) is 5.92 Å². The van der Waals surface area contributed by atoms with E-state index in [-0.39, 0.29) is 24.3 Å². The molecular formula is C22H31N5O4. The van der Waals surface area contributed by atoms with Gasteiger partial charge in [-0.25, -0.2) is 14.6 Å². The first-order chi connectivity index (χ1) is 14.9. The lowest BCUT2D eigenvalue weighted by atomic mass is 10.0. The molecular weight excluding hydrogens is 398 g/mol. The summed E-state index contributed by atoms with van der Waals surface area (Å²) in [6, 6.07) is 6.84. The maximum absolute atomic E-state index is 12.5. The van der Waals surface area contributed by atoms with Gasteiger partial charge in [0.25, 0.3) is 0 Å². The van der Waals surface area contributed by atoms with E-state index in [1.165, 1.54) is 0 Å². The van der Waals surface area contributed by atoms with Crippen LogP contribution in [0.2, 0.25) is 0 Å². The number of nitrogens with one attached hydrogen (secondary N) is 2. The first-order valence-corrected chi connectivity index (χ1v) is 10.9. The molecule has 0 spiro atoms. The van der Waals surface area contributed by atoms with Crippen molar-refractivity contribution in [3.8, 4) is 0 Å². The number of aromatic nitrogens is 2. The minimum atomic E-state index is -1.000. The maximum atomic E-state index is 12.5. The summed E-state index contributed by atoms with van der Waals surface area (Å²) >= 11 is 0. The molecule has 9 nitrogen and oxygen atoms in total. The van der Waals surface area contributed by atoms with Crippen molar-refractivity contribution in [2.45, 2.75) is 58.5 Å². The predicted molar refractivity (Wildman–Crippen MR) is 118 cm³/mol. The van der Waals surface area contributed by atoms with E-state index in [1.807, 2.05) is 38.1 Å². The third kappa shape index (κ3) is 5.74. The minimum absolute atomic E-state index is 0.162. The fourth-order valence-corrected chi connectivity index (χ4v) is 3.82. The summed E-state index contributed by atoms with van der Waals surface area (Å²) in [5.41, 5.74) is 1.91. The highest BCUT2D eigenvalue weighted by molar-refractivity contribution is 5.93. The van der Waals surface area contributed by atoms with E-state index >= 15 is 0 Å². The number of carboxylic acids is 1. The molecule has 2 aromatic rings. The van der Waals surface area contributed by atoms with Crippen molar-refractivity contribution in [1.82, 2.24) is 20.2 Å².